The van der Waals surface area contributed by atoms with Crippen molar-refractivity contribution in [3.05, 3.63) is 52.1 Å². The number of hydrogen-bond acceptors (Lipinski definition) is 5. The van der Waals surface area contributed by atoms with Crippen LogP contribution in [-0.4, -0.2) is 22.1 Å². The van der Waals surface area contributed by atoms with Crippen molar-refractivity contribution in [3.63, 3.8) is 0 Å². The number of aliphatic hydroxyl groups is 1. The summed E-state index contributed by atoms with van der Waals surface area (Å²) in [6.07, 6.45) is -1.82. The number of rotatable bonds is 5. The van der Waals surface area contributed by atoms with Gasteiger partial charge in [-0.1, -0.05) is 18.7 Å². The summed E-state index contributed by atoms with van der Waals surface area (Å²) in [4.78, 5) is 21.8. The second kappa shape index (κ2) is 6.10. The number of benzene rings is 1. The third kappa shape index (κ3) is 3.62. The monoisotopic (exact) mass is 265 g/mol. The fourth-order valence-corrected chi connectivity index (χ4v) is 1.47. The van der Waals surface area contributed by atoms with Crippen molar-refractivity contribution in [2.24, 2.45) is 0 Å². The van der Waals surface area contributed by atoms with Gasteiger partial charge in [-0.2, -0.15) is 0 Å². The Hall–Kier alpha value is -2.21. The molecule has 0 radical (unpaired) electrons. The van der Waals surface area contributed by atoms with E-state index in [1.807, 2.05) is 0 Å². The normalized spacial score (nSPS) is 12.0. The fraction of sp³-hybridized carbons (Fsp3) is 0.308. The van der Waals surface area contributed by atoms with E-state index in [9.17, 15) is 20.0 Å². The van der Waals surface area contributed by atoms with E-state index in [4.69, 9.17) is 4.74 Å². The Morgan fingerprint density at radius 2 is 2.00 bits per heavy atom. The second-order valence-electron chi connectivity index (χ2n) is 4.20. The Bertz CT molecular complexity index is 510. The van der Waals surface area contributed by atoms with Crippen LogP contribution in [0.2, 0.25) is 0 Å². The summed E-state index contributed by atoms with van der Waals surface area (Å²) in [6, 6.07) is 5.63. The number of ether oxygens (including phenoxy) is 1. The standard InChI is InChI=1S/C13H15NO5/c1-8(2)19-13(16)9(3)12(15)10-6-4-5-7-11(10)14(17)18/h4-8,12,15H,3H2,1-2H3. The molecule has 1 aromatic rings. The second-order valence-corrected chi connectivity index (χ2v) is 4.20. The molecule has 1 aromatic carbocycles. The molecule has 0 aromatic heterocycles. The molecule has 1 rings (SSSR count). The van der Waals surface area contributed by atoms with Crippen LogP contribution in [0.25, 0.3) is 0 Å². The van der Waals surface area contributed by atoms with Gasteiger partial charge >= 0.3 is 5.97 Å². The van der Waals surface area contributed by atoms with Crippen LogP contribution in [0.5, 0.6) is 0 Å². The number of carbonyl (C=O) groups is 1. The van der Waals surface area contributed by atoms with Gasteiger partial charge in [0.15, 0.2) is 0 Å². The highest BCUT2D eigenvalue weighted by atomic mass is 16.6. The van der Waals surface area contributed by atoms with Gasteiger partial charge < -0.3 is 9.84 Å². The molecule has 0 saturated carbocycles. The summed E-state index contributed by atoms with van der Waals surface area (Å²) >= 11 is 0. The number of hydrogen-bond donors (Lipinski definition) is 1. The average molecular weight is 265 g/mol. The lowest BCUT2D eigenvalue weighted by molar-refractivity contribution is -0.386. The maximum absolute atomic E-state index is 11.6. The van der Waals surface area contributed by atoms with E-state index >= 15 is 0 Å². The number of carbonyl (C=O) groups excluding carboxylic acids is 1. The predicted octanol–water partition coefficient (Wildman–Crippen LogP) is 2.14. The minimum absolute atomic E-state index is 0.0122. The van der Waals surface area contributed by atoms with E-state index in [-0.39, 0.29) is 22.9 Å². The molecule has 6 nitrogen and oxygen atoms in total. The van der Waals surface area contributed by atoms with Crippen molar-refractivity contribution < 1.29 is 19.6 Å². The number of aliphatic hydroxyl groups excluding tert-OH is 1. The van der Waals surface area contributed by atoms with Gasteiger partial charge in [-0.25, -0.2) is 4.79 Å². The van der Waals surface area contributed by atoms with Crippen molar-refractivity contribution in [3.8, 4) is 0 Å². The number of nitro groups is 1. The molecular weight excluding hydrogens is 250 g/mol. The summed E-state index contributed by atoms with van der Waals surface area (Å²) in [5.74, 6) is -0.777. The predicted molar refractivity (Wildman–Crippen MR) is 68.4 cm³/mol. The highest BCUT2D eigenvalue weighted by Gasteiger charge is 2.26. The molecule has 102 valence electrons. The van der Waals surface area contributed by atoms with Gasteiger partial charge in [0.25, 0.3) is 5.69 Å². The van der Waals surface area contributed by atoms with E-state index < -0.39 is 17.0 Å². The molecule has 0 aliphatic rings. The Morgan fingerprint density at radius 3 is 2.53 bits per heavy atom. The lowest BCUT2D eigenvalue weighted by Crippen LogP contribution is -2.18. The van der Waals surface area contributed by atoms with Gasteiger partial charge in [0.2, 0.25) is 0 Å². The van der Waals surface area contributed by atoms with E-state index in [1.54, 1.807) is 13.8 Å². The smallest absolute Gasteiger partial charge is 0.336 e. The third-order valence-electron chi connectivity index (χ3n) is 2.36. The van der Waals surface area contributed by atoms with Crippen molar-refractivity contribution in [1.82, 2.24) is 0 Å². The molecule has 0 spiro atoms. The molecule has 0 fully saturated rings. The zero-order valence-corrected chi connectivity index (χ0v) is 10.7. The van der Waals surface area contributed by atoms with Gasteiger partial charge in [-0.15, -0.1) is 0 Å². The maximum atomic E-state index is 11.6. The van der Waals surface area contributed by atoms with E-state index in [0.29, 0.717) is 0 Å². The van der Waals surface area contributed by atoms with E-state index in [1.165, 1.54) is 24.3 Å². The van der Waals surface area contributed by atoms with Gasteiger partial charge in [0.05, 0.1) is 22.2 Å². The molecule has 1 N–H and O–H groups in total. The number of nitro benzene ring substituents is 1. The lowest BCUT2D eigenvalue weighted by Gasteiger charge is -2.15. The summed E-state index contributed by atoms with van der Waals surface area (Å²) in [6.45, 7) is 6.75. The summed E-state index contributed by atoms with van der Waals surface area (Å²) in [5.41, 5.74) is -0.491. The largest absolute Gasteiger partial charge is 0.460 e. The first-order chi connectivity index (χ1) is 8.84. The topological polar surface area (TPSA) is 89.7 Å². The van der Waals surface area contributed by atoms with E-state index in [0.717, 1.165) is 0 Å². The van der Waals surface area contributed by atoms with E-state index in [2.05, 4.69) is 6.58 Å². The van der Waals surface area contributed by atoms with Crippen LogP contribution >= 0.6 is 0 Å². The molecule has 0 bridgehead atoms. The molecule has 1 unspecified atom stereocenters. The molecule has 1 atom stereocenters. The molecule has 0 saturated heterocycles. The van der Waals surface area contributed by atoms with Crippen LogP contribution in [-0.2, 0) is 9.53 Å². The van der Waals surface area contributed by atoms with Crippen molar-refractivity contribution in [1.29, 1.82) is 0 Å². The van der Waals surface area contributed by atoms with Crippen LogP contribution < -0.4 is 0 Å². The molecular formula is C13H15NO5. The SMILES string of the molecule is C=C(C(=O)OC(C)C)C(O)c1ccccc1[N+](=O)[O-]. The molecule has 0 aliphatic heterocycles. The molecule has 0 amide bonds. The summed E-state index contributed by atoms with van der Waals surface area (Å²) in [5, 5.41) is 20.8. The number of para-hydroxylation sites is 1. The van der Waals surface area contributed by atoms with Gasteiger partial charge in [0.1, 0.15) is 6.10 Å². The number of esters is 1. The van der Waals surface area contributed by atoms with Crippen LogP contribution in [0.15, 0.2) is 36.4 Å². The zero-order chi connectivity index (χ0) is 14.6. The fourth-order valence-electron chi connectivity index (χ4n) is 1.47. The molecule has 19 heavy (non-hydrogen) atoms. The first-order valence-corrected chi connectivity index (χ1v) is 5.65. The summed E-state index contributed by atoms with van der Waals surface area (Å²) in [7, 11) is 0. The quantitative estimate of drug-likeness (QED) is 0.381. The highest BCUT2D eigenvalue weighted by molar-refractivity contribution is 5.89. The molecule has 0 aliphatic carbocycles. The van der Waals surface area contributed by atoms with Gasteiger partial charge in [-0.05, 0) is 19.9 Å². The third-order valence-corrected chi connectivity index (χ3v) is 2.36. The Labute approximate surface area is 110 Å². The maximum Gasteiger partial charge on any atom is 0.336 e. The van der Waals surface area contributed by atoms with Crippen LogP contribution in [0, 0.1) is 10.1 Å². The Kier molecular flexibility index (Phi) is 4.77. The number of nitrogens with zero attached hydrogens (tertiary/aromatic N) is 1. The summed E-state index contributed by atoms with van der Waals surface area (Å²) < 4.78 is 4.89. The van der Waals surface area contributed by atoms with Crippen molar-refractivity contribution in [2.45, 2.75) is 26.1 Å². The molecule has 0 heterocycles. The van der Waals surface area contributed by atoms with Crippen LogP contribution in [0.1, 0.15) is 25.5 Å². The lowest BCUT2D eigenvalue weighted by atomic mass is 10.0. The van der Waals surface area contributed by atoms with Crippen molar-refractivity contribution >= 4 is 11.7 Å². The van der Waals surface area contributed by atoms with Crippen LogP contribution in [0.3, 0.4) is 0 Å². The van der Waals surface area contributed by atoms with Crippen LogP contribution in [0.4, 0.5) is 5.69 Å². The Morgan fingerprint density at radius 1 is 1.42 bits per heavy atom. The zero-order valence-electron chi connectivity index (χ0n) is 10.7. The Balaban J connectivity index is 3.00. The minimum Gasteiger partial charge on any atom is -0.460 e. The highest BCUT2D eigenvalue weighted by Crippen LogP contribution is 2.29. The first-order valence-electron chi connectivity index (χ1n) is 5.65. The molecule has 6 heteroatoms. The first kappa shape index (κ1) is 14.8. The van der Waals surface area contributed by atoms with Gasteiger partial charge in [-0.3, -0.25) is 10.1 Å². The average Bonchev–Trinajstić information content (AvgIpc) is 2.36. The van der Waals surface area contributed by atoms with Crippen molar-refractivity contribution in [2.75, 3.05) is 0 Å². The minimum atomic E-state index is -1.46. The van der Waals surface area contributed by atoms with Gasteiger partial charge in [0, 0.05) is 6.07 Å².